The zero-order valence-corrected chi connectivity index (χ0v) is 19.1. The molecule has 0 spiro atoms. The molecule has 0 atom stereocenters. The normalized spacial score (nSPS) is 14.2. The Morgan fingerprint density at radius 3 is 2.34 bits per heavy atom. The van der Waals surface area contributed by atoms with Crippen molar-refractivity contribution in [3.63, 3.8) is 0 Å². The highest BCUT2D eigenvalue weighted by atomic mass is 19.4. The highest BCUT2D eigenvalue weighted by Gasteiger charge is 2.30. The van der Waals surface area contributed by atoms with Crippen molar-refractivity contribution < 1.29 is 27.1 Å². The van der Waals surface area contributed by atoms with Gasteiger partial charge in [-0.25, -0.2) is 18.9 Å². The predicted octanol–water partition coefficient (Wildman–Crippen LogP) is 3.77. The van der Waals surface area contributed by atoms with Gasteiger partial charge in [0.2, 0.25) is 0 Å². The van der Waals surface area contributed by atoms with Crippen molar-refractivity contribution in [1.82, 2.24) is 25.0 Å². The van der Waals surface area contributed by atoms with Crippen molar-refractivity contribution in [2.45, 2.75) is 19.6 Å². The van der Waals surface area contributed by atoms with Crippen LogP contribution in [0, 0.1) is 12.7 Å². The van der Waals surface area contributed by atoms with Crippen molar-refractivity contribution in [3.8, 4) is 11.4 Å². The SMILES string of the molecule is COc1cc(N2CCN(C(=O)NCc3ccc(C(F)(F)F)cc3)CC2)c(F)cc1-n1cnc(C)n1. The molecular formula is C23H24F4N6O2. The standard InChI is InChI=1S/C23H24F4N6O2/c1-15-29-14-33(30-15)20-11-18(24)19(12-21(20)35-2)31-7-9-32(10-8-31)22(34)28-13-16-3-5-17(6-4-16)23(25,26)27/h3-6,11-12,14H,7-10,13H2,1-2H3,(H,28,34). The Kier molecular flexibility index (Phi) is 6.81. The lowest BCUT2D eigenvalue weighted by atomic mass is 10.1. The van der Waals surface area contributed by atoms with Gasteiger partial charge in [-0.15, -0.1) is 0 Å². The number of halogens is 4. The fourth-order valence-corrected chi connectivity index (χ4v) is 3.83. The molecule has 2 aromatic carbocycles. The number of anilines is 1. The monoisotopic (exact) mass is 492 g/mol. The number of amides is 2. The van der Waals surface area contributed by atoms with Crippen LogP contribution in [-0.4, -0.2) is 59.0 Å². The number of carbonyl (C=O) groups is 1. The number of rotatable bonds is 5. The van der Waals surface area contributed by atoms with Crippen molar-refractivity contribution in [2.24, 2.45) is 0 Å². The summed E-state index contributed by atoms with van der Waals surface area (Å²) in [6, 6.07) is 7.24. The summed E-state index contributed by atoms with van der Waals surface area (Å²) in [5.74, 6) is 0.529. The summed E-state index contributed by atoms with van der Waals surface area (Å²) in [6.45, 7) is 3.33. The van der Waals surface area contributed by atoms with Gasteiger partial charge in [0.1, 0.15) is 29.4 Å². The van der Waals surface area contributed by atoms with Crippen LogP contribution in [0.4, 0.5) is 28.0 Å². The van der Waals surface area contributed by atoms with E-state index in [1.165, 1.54) is 36.3 Å². The molecule has 1 aromatic heterocycles. The second-order valence-corrected chi connectivity index (χ2v) is 8.04. The third-order valence-electron chi connectivity index (χ3n) is 5.73. The Hall–Kier alpha value is -3.83. The van der Waals surface area contributed by atoms with Crippen LogP contribution in [0.1, 0.15) is 17.0 Å². The van der Waals surface area contributed by atoms with E-state index in [1.807, 2.05) is 4.90 Å². The molecule has 1 N–H and O–H groups in total. The number of hydrogen-bond acceptors (Lipinski definition) is 5. The number of aryl methyl sites for hydroxylation is 1. The molecule has 8 nitrogen and oxygen atoms in total. The van der Waals surface area contributed by atoms with Gasteiger partial charge in [0.05, 0.1) is 18.4 Å². The van der Waals surface area contributed by atoms with Gasteiger partial charge in [0.25, 0.3) is 0 Å². The molecule has 1 fully saturated rings. The second-order valence-electron chi connectivity index (χ2n) is 8.04. The van der Waals surface area contributed by atoms with Gasteiger partial charge in [-0.05, 0) is 24.6 Å². The first-order chi connectivity index (χ1) is 16.7. The Bertz CT molecular complexity index is 1190. The van der Waals surface area contributed by atoms with Gasteiger partial charge < -0.3 is 19.9 Å². The molecule has 35 heavy (non-hydrogen) atoms. The molecule has 1 aliphatic rings. The highest BCUT2D eigenvalue weighted by Crippen LogP contribution is 2.32. The van der Waals surface area contributed by atoms with Crippen LogP contribution in [-0.2, 0) is 12.7 Å². The number of methoxy groups -OCH3 is 1. The number of alkyl halides is 3. The van der Waals surface area contributed by atoms with E-state index in [-0.39, 0.29) is 12.6 Å². The van der Waals surface area contributed by atoms with E-state index in [4.69, 9.17) is 4.74 Å². The summed E-state index contributed by atoms with van der Waals surface area (Å²) in [5.41, 5.74) is 0.599. The minimum atomic E-state index is -4.40. The fourth-order valence-electron chi connectivity index (χ4n) is 3.83. The van der Waals surface area contributed by atoms with E-state index in [1.54, 1.807) is 17.9 Å². The third-order valence-corrected chi connectivity index (χ3v) is 5.73. The predicted molar refractivity (Wildman–Crippen MR) is 120 cm³/mol. The zero-order chi connectivity index (χ0) is 25.2. The number of aromatic nitrogens is 3. The molecule has 1 saturated heterocycles. The fraction of sp³-hybridized carbons (Fsp3) is 0.348. The number of ether oxygens (including phenoxy) is 1. The number of nitrogens with one attached hydrogen (secondary N) is 1. The zero-order valence-electron chi connectivity index (χ0n) is 19.1. The lowest BCUT2D eigenvalue weighted by molar-refractivity contribution is -0.137. The molecule has 0 aliphatic carbocycles. The average Bonchev–Trinajstić information content (AvgIpc) is 3.28. The molecule has 2 heterocycles. The topological polar surface area (TPSA) is 75.5 Å². The van der Waals surface area contributed by atoms with Crippen LogP contribution in [0.3, 0.4) is 0 Å². The molecule has 0 unspecified atom stereocenters. The van der Waals surface area contributed by atoms with Crippen molar-refractivity contribution in [1.29, 1.82) is 0 Å². The van der Waals surface area contributed by atoms with Gasteiger partial charge in [0, 0.05) is 44.9 Å². The van der Waals surface area contributed by atoms with Crippen molar-refractivity contribution in [2.75, 3.05) is 38.2 Å². The molecule has 0 bridgehead atoms. The van der Waals surface area contributed by atoms with Crippen molar-refractivity contribution in [3.05, 3.63) is 65.5 Å². The van der Waals surface area contributed by atoms with Crippen molar-refractivity contribution >= 4 is 11.7 Å². The Morgan fingerprint density at radius 1 is 1.09 bits per heavy atom. The first-order valence-corrected chi connectivity index (χ1v) is 10.9. The Labute approximate surface area is 199 Å². The number of benzene rings is 2. The maximum Gasteiger partial charge on any atom is 0.416 e. The van der Waals surface area contributed by atoms with Gasteiger partial charge in [-0.3, -0.25) is 0 Å². The minimum Gasteiger partial charge on any atom is -0.494 e. The largest absolute Gasteiger partial charge is 0.494 e. The second kappa shape index (κ2) is 9.80. The Morgan fingerprint density at radius 2 is 1.77 bits per heavy atom. The Balaban J connectivity index is 1.35. The van der Waals surface area contributed by atoms with E-state index in [0.717, 1.165) is 12.1 Å². The highest BCUT2D eigenvalue weighted by molar-refractivity contribution is 5.74. The van der Waals surface area contributed by atoms with Crippen LogP contribution in [0.2, 0.25) is 0 Å². The van der Waals surface area contributed by atoms with E-state index < -0.39 is 17.6 Å². The lowest BCUT2D eigenvalue weighted by Gasteiger charge is -2.36. The number of urea groups is 1. The van der Waals surface area contributed by atoms with Crippen LogP contribution in [0.15, 0.2) is 42.7 Å². The van der Waals surface area contributed by atoms with Crippen LogP contribution < -0.4 is 15.0 Å². The maximum absolute atomic E-state index is 15.0. The quantitative estimate of drug-likeness (QED) is 0.549. The molecule has 0 radical (unpaired) electrons. The first-order valence-electron chi connectivity index (χ1n) is 10.9. The summed E-state index contributed by atoms with van der Waals surface area (Å²) in [6.07, 6.45) is -2.92. The van der Waals surface area contributed by atoms with Crippen LogP contribution in [0.5, 0.6) is 5.75 Å². The number of piperazine rings is 1. The number of carbonyl (C=O) groups excluding carboxylic acids is 1. The molecule has 3 aromatic rings. The molecule has 4 rings (SSSR count). The van der Waals surface area contributed by atoms with E-state index in [0.29, 0.717) is 54.7 Å². The first kappa shape index (κ1) is 24.3. The molecule has 186 valence electrons. The molecular weight excluding hydrogens is 468 g/mol. The smallest absolute Gasteiger partial charge is 0.416 e. The summed E-state index contributed by atoms with van der Waals surface area (Å²) >= 11 is 0. The maximum atomic E-state index is 15.0. The van der Waals surface area contributed by atoms with Gasteiger partial charge in [-0.1, -0.05) is 12.1 Å². The average molecular weight is 492 g/mol. The third kappa shape index (κ3) is 5.47. The summed E-state index contributed by atoms with van der Waals surface area (Å²) in [4.78, 5) is 20.0. The van der Waals surface area contributed by atoms with E-state index in [9.17, 15) is 22.4 Å². The lowest BCUT2D eigenvalue weighted by Crippen LogP contribution is -2.51. The molecule has 0 saturated carbocycles. The van der Waals surface area contributed by atoms with Crippen LogP contribution >= 0.6 is 0 Å². The van der Waals surface area contributed by atoms with Gasteiger partial charge in [0.15, 0.2) is 0 Å². The summed E-state index contributed by atoms with van der Waals surface area (Å²) < 4.78 is 59.9. The van der Waals surface area contributed by atoms with Crippen LogP contribution in [0.25, 0.3) is 5.69 Å². The summed E-state index contributed by atoms with van der Waals surface area (Å²) in [7, 11) is 1.49. The number of nitrogens with zero attached hydrogens (tertiary/aromatic N) is 5. The molecule has 1 aliphatic heterocycles. The van der Waals surface area contributed by atoms with E-state index >= 15 is 0 Å². The van der Waals surface area contributed by atoms with Gasteiger partial charge >= 0.3 is 12.2 Å². The van der Waals surface area contributed by atoms with E-state index in [2.05, 4.69) is 15.4 Å². The minimum absolute atomic E-state index is 0.103. The number of hydrogen-bond donors (Lipinski definition) is 1. The molecule has 2 amide bonds. The summed E-state index contributed by atoms with van der Waals surface area (Å²) in [5, 5.41) is 6.92. The molecule has 12 heteroatoms. The van der Waals surface area contributed by atoms with Gasteiger partial charge in [-0.2, -0.15) is 18.3 Å².